The molecule has 0 radical (unpaired) electrons. The van der Waals surface area contributed by atoms with Crippen LogP contribution in [0.2, 0.25) is 0 Å². The van der Waals surface area contributed by atoms with Crippen LogP contribution in [0.4, 0.5) is 10.5 Å². The number of amides is 2. The fourth-order valence-corrected chi connectivity index (χ4v) is 1.96. The number of carbonyl (C=O) groups is 1. The number of nitriles is 1. The minimum absolute atomic E-state index is 0.0265. The third-order valence-corrected chi connectivity index (χ3v) is 2.78. The molecule has 0 saturated heterocycles. The van der Waals surface area contributed by atoms with E-state index >= 15 is 0 Å². The quantitative estimate of drug-likeness (QED) is 0.875. The maximum atomic E-state index is 12.3. The van der Waals surface area contributed by atoms with Crippen LogP contribution < -0.4 is 5.32 Å². The highest BCUT2D eigenvalue weighted by Crippen LogP contribution is 2.17. The third-order valence-electron chi connectivity index (χ3n) is 2.78. The van der Waals surface area contributed by atoms with Gasteiger partial charge in [0.2, 0.25) is 0 Å². The lowest BCUT2D eigenvalue weighted by Crippen LogP contribution is -2.41. The van der Waals surface area contributed by atoms with Gasteiger partial charge < -0.3 is 15.3 Å². The Morgan fingerprint density at radius 1 is 1.43 bits per heavy atom. The molecule has 0 aliphatic heterocycles. The molecular weight excluding hydrogens is 266 g/mol. The first kappa shape index (κ1) is 17.0. The summed E-state index contributed by atoms with van der Waals surface area (Å²) in [6.45, 7) is 7.32. The Kier molecular flexibility index (Phi) is 6.19. The number of benzene rings is 1. The van der Waals surface area contributed by atoms with Crippen LogP contribution in [0.3, 0.4) is 0 Å². The molecule has 2 amide bonds. The molecule has 0 aliphatic carbocycles. The molecule has 5 heteroatoms. The summed E-state index contributed by atoms with van der Waals surface area (Å²) in [6.07, 6.45) is 0.543. The van der Waals surface area contributed by atoms with Gasteiger partial charge in [-0.15, -0.1) is 0 Å². The molecule has 0 fully saturated rings. The Morgan fingerprint density at radius 2 is 2.14 bits per heavy atom. The second-order valence-corrected chi connectivity index (χ2v) is 6.18. The van der Waals surface area contributed by atoms with Crippen LogP contribution in [0.15, 0.2) is 24.3 Å². The zero-order valence-electron chi connectivity index (χ0n) is 12.9. The first-order valence-electron chi connectivity index (χ1n) is 7.02. The molecule has 0 aromatic heterocycles. The van der Waals surface area contributed by atoms with E-state index in [-0.39, 0.29) is 18.1 Å². The number of nitrogens with one attached hydrogen (secondary N) is 1. The molecule has 0 spiro atoms. The standard InChI is InChI=1S/C16H23N3O2/c1-16(2,3)12-19(8-5-9-20)15(21)18-14-7-4-6-13(10-14)11-17/h4,6-7,10,20H,5,8-9,12H2,1-3H3,(H,18,21). The molecule has 114 valence electrons. The molecule has 1 aromatic carbocycles. The molecule has 0 heterocycles. The van der Waals surface area contributed by atoms with Crippen molar-refractivity contribution in [1.82, 2.24) is 4.90 Å². The highest BCUT2D eigenvalue weighted by Gasteiger charge is 2.20. The molecule has 0 bridgehead atoms. The molecule has 2 N–H and O–H groups in total. The van der Waals surface area contributed by atoms with Crippen LogP contribution in [0, 0.1) is 16.7 Å². The van der Waals surface area contributed by atoms with Crippen molar-refractivity contribution in [3.8, 4) is 6.07 Å². The van der Waals surface area contributed by atoms with Crippen molar-refractivity contribution < 1.29 is 9.90 Å². The topological polar surface area (TPSA) is 76.4 Å². The van der Waals surface area contributed by atoms with E-state index in [1.165, 1.54) is 0 Å². The number of aliphatic hydroxyl groups excluding tert-OH is 1. The number of rotatable bonds is 5. The Balaban J connectivity index is 2.77. The fourth-order valence-electron chi connectivity index (χ4n) is 1.96. The predicted molar refractivity (Wildman–Crippen MR) is 82.9 cm³/mol. The predicted octanol–water partition coefficient (Wildman–Crippen LogP) is 2.82. The minimum Gasteiger partial charge on any atom is -0.396 e. The van der Waals surface area contributed by atoms with E-state index in [4.69, 9.17) is 10.4 Å². The Morgan fingerprint density at radius 3 is 2.71 bits per heavy atom. The van der Waals surface area contributed by atoms with Crippen LogP contribution in [0.25, 0.3) is 0 Å². The SMILES string of the molecule is CC(C)(C)CN(CCCO)C(=O)Nc1cccc(C#N)c1. The van der Waals surface area contributed by atoms with Crippen LogP contribution in [0.1, 0.15) is 32.8 Å². The lowest BCUT2D eigenvalue weighted by molar-refractivity contribution is 0.176. The molecule has 0 unspecified atom stereocenters. The van der Waals surface area contributed by atoms with Crippen molar-refractivity contribution in [3.63, 3.8) is 0 Å². The van der Waals surface area contributed by atoms with Gasteiger partial charge in [-0.3, -0.25) is 0 Å². The Bertz CT molecular complexity index is 515. The number of nitrogens with zero attached hydrogens (tertiary/aromatic N) is 2. The summed E-state index contributed by atoms with van der Waals surface area (Å²) < 4.78 is 0. The zero-order chi connectivity index (χ0) is 15.9. The number of hydrogen-bond donors (Lipinski definition) is 2. The Labute approximate surface area is 126 Å². The lowest BCUT2D eigenvalue weighted by Gasteiger charge is -2.30. The van der Waals surface area contributed by atoms with Gasteiger partial charge in [0.05, 0.1) is 11.6 Å². The fraction of sp³-hybridized carbons (Fsp3) is 0.500. The molecule has 0 saturated carbocycles. The van der Waals surface area contributed by atoms with Gasteiger partial charge in [-0.2, -0.15) is 5.26 Å². The second kappa shape index (κ2) is 7.65. The molecule has 1 aromatic rings. The molecule has 0 atom stereocenters. The van der Waals surface area contributed by atoms with E-state index in [1.54, 1.807) is 29.2 Å². The summed E-state index contributed by atoms with van der Waals surface area (Å²) in [5, 5.41) is 20.6. The van der Waals surface area contributed by atoms with Gasteiger partial charge >= 0.3 is 6.03 Å². The van der Waals surface area contributed by atoms with Gasteiger partial charge in [-0.1, -0.05) is 26.8 Å². The largest absolute Gasteiger partial charge is 0.396 e. The van der Waals surface area contributed by atoms with E-state index in [0.717, 1.165) is 0 Å². The van der Waals surface area contributed by atoms with Gasteiger partial charge in [0.25, 0.3) is 0 Å². The summed E-state index contributed by atoms with van der Waals surface area (Å²) >= 11 is 0. The number of anilines is 1. The van der Waals surface area contributed by atoms with Crippen molar-refractivity contribution in [1.29, 1.82) is 5.26 Å². The average Bonchev–Trinajstić information content (AvgIpc) is 2.42. The minimum atomic E-state index is -0.214. The highest BCUT2D eigenvalue weighted by molar-refractivity contribution is 5.89. The van der Waals surface area contributed by atoms with Gasteiger partial charge in [-0.25, -0.2) is 4.79 Å². The first-order chi connectivity index (χ1) is 9.85. The van der Waals surface area contributed by atoms with Crippen molar-refractivity contribution in [2.75, 3.05) is 25.0 Å². The van der Waals surface area contributed by atoms with Crippen molar-refractivity contribution in [2.24, 2.45) is 5.41 Å². The highest BCUT2D eigenvalue weighted by atomic mass is 16.3. The zero-order valence-corrected chi connectivity index (χ0v) is 12.9. The van der Waals surface area contributed by atoms with Crippen LogP contribution in [0.5, 0.6) is 0 Å². The summed E-state index contributed by atoms with van der Waals surface area (Å²) in [5.74, 6) is 0. The van der Waals surface area contributed by atoms with Gasteiger partial charge in [0.15, 0.2) is 0 Å². The smallest absolute Gasteiger partial charge is 0.321 e. The van der Waals surface area contributed by atoms with Crippen LogP contribution >= 0.6 is 0 Å². The Hall–Kier alpha value is -2.06. The summed E-state index contributed by atoms with van der Waals surface area (Å²) in [5.41, 5.74) is 1.08. The maximum Gasteiger partial charge on any atom is 0.321 e. The number of carbonyl (C=O) groups excluding carboxylic acids is 1. The monoisotopic (exact) mass is 289 g/mol. The molecular formula is C16H23N3O2. The summed E-state index contributed by atoms with van der Waals surface area (Å²) in [6, 6.07) is 8.64. The lowest BCUT2D eigenvalue weighted by atomic mass is 9.96. The van der Waals surface area contributed by atoms with E-state index in [0.29, 0.717) is 30.8 Å². The van der Waals surface area contributed by atoms with Crippen molar-refractivity contribution >= 4 is 11.7 Å². The van der Waals surface area contributed by atoms with E-state index < -0.39 is 0 Å². The number of aliphatic hydroxyl groups is 1. The summed E-state index contributed by atoms with van der Waals surface area (Å²) in [4.78, 5) is 14.0. The van der Waals surface area contributed by atoms with Gasteiger partial charge in [0.1, 0.15) is 0 Å². The van der Waals surface area contributed by atoms with Crippen molar-refractivity contribution in [2.45, 2.75) is 27.2 Å². The average molecular weight is 289 g/mol. The second-order valence-electron chi connectivity index (χ2n) is 6.18. The normalized spacial score (nSPS) is 10.8. The maximum absolute atomic E-state index is 12.3. The summed E-state index contributed by atoms with van der Waals surface area (Å²) in [7, 11) is 0. The van der Waals surface area contributed by atoms with Crippen LogP contribution in [-0.2, 0) is 0 Å². The van der Waals surface area contributed by atoms with Gasteiger partial charge in [-0.05, 0) is 30.0 Å². The number of hydrogen-bond acceptors (Lipinski definition) is 3. The first-order valence-corrected chi connectivity index (χ1v) is 7.02. The third kappa shape index (κ3) is 6.28. The van der Waals surface area contributed by atoms with E-state index in [2.05, 4.69) is 26.1 Å². The van der Waals surface area contributed by atoms with Gasteiger partial charge in [0, 0.05) is 25.4 Å². The van der Waals surface area contributed by atoms with Crippen LogP contribution in [-0.4, -0.2) is 35.7 Å². The number of urea groups is 1. The van der Waals surface area contributed by atoms with E-state index in [9.17, 15) is 4.79 Å². The molecule has 5 nitrogen and oxygen atoms in total. The van der Waals surface area contributed by atoms with E-state index in [1.807, 2.05) is 6.07 Å². The molecule has 1 rings (SSSR count). The van der Waals surface area contributed by atoms with Crippen molar-refractivity contribution in [3.05, 3.63) is 29.8 Å². The molecule has 0 aliphatic rings. The molecule has 21 heavy (non-hydrogen) atoms.